The molecule has 32 heavy (non-hydrogen) atoms. The zero-order valence-electron chi connectivity index (χ0n) is 19.5. The summed E-state index contributed by atoms with van der Waals surface area (Å²) in [6, 6.07) is 10.2. The lowest BCUT2D eigenvalue weighted by molar-refractivity contribution is 0.102. The molecule has 8 heteroatoms. The van der Waals surface area contributed by atoms with Gasteiger partial charge in [0.15, 0.2) is 5.13 Å². The maximum absolute atomic E-state index is 13.1. The maximum Gasteiger partial charge on any atom is 0.257 e. The molecule has 1 N–H and O–H groups in total. The zero-order valence-corrected chi connectivity index (χ0v) is 21.1. The topological polar surface area (TPSA) is 79.4 Å². The maximum atomic E-state index is 13.1. The Bertz CT molecular complexity index is 1160. The molecule has 0 fully saturated rings. The van der Waals surface area contributed by atoms with Crippen LogP contribution >= 0.6 is 11.3 Å². The van der Waals surface area contributed by atoms with Crippen molar-refractivity contribution in [1.82, 2.24) is 9.29 Å². The Morgan fingerprint density at radius 2 is 1.56 bits per heavy atom. The number of nitrogens with zero attached hydrogens (tertiary/aromatic N) is 2. The van der Waals surface area contributed by atoms with Gasteiger partial charge in [0, 0.05) is 18.7 Å². The standard InChI is InChI=1S/C24H31N3O3S2/c1-15(2)13-27(14-16(3)4)32(29,30)20-9-7-19(8-10-20)23(28)26-24-25-21-11-17(5)18(6)12-22(21)31-24/h7-12,15-16H,13-14H2,1-6H3,(H,25,26,28). The largest absolute Gasteiger partial charge is 0.298 e. The molecular weight excluding hydrogens is 442 g/mol. The molecule has 0 aliphatic heterocycles. The van der Waals surface area contributed by atoms with Crippen molar-refractivity contribution in [3.05, 3.63) is 53.1 Å². The van der Waals surface area contributed by atoms with Gasteiger partial charge in [-0.05, 0) is 73.2 Å². The summed E-state index contributed by atoms with van der Waals surface area (Å²) in [5.41, 5.74) is 3.57. The van der Waals surface area contributed by atoms with E-state index < -0.39 is 10.0 Å². The summed E-state index contributed by atoms with van der Waals surface area (Å²) in [6.07, 6.45) is 0. The highest BCUT2D eigenvalue weighted by molar-refractivity contribution is 7.89. The zero-order chi connectivity index (χ0) is 23.6. The summed E-state index contributed by atoms with van der Waals surface area (Å²) < 4.78 is 28.8. The van der Waals surface area contributed by atoms with Gasteiger partial charge in [0.05, 0.1) is 15.1 Å². The SMILES string of the molecule is Cc1cc2nc(NC(=O)c3ccc(S(=O)(=O)N(CC(C)C)CC(C)C)cc3)sc2cc1C. The number of aryl methyl sites for hydroxylation is 2. The van der Waals surface area contributed by atoms with Crippen LogP contribution in [-0.4, -0.2) is 36.7 Å². The first-order valence-electron chi connectivity index (χ1n) is 10.8. The van der Waals surface area contributed by atoms with E-state index in [-0.39, 0.29) is 22.6 Å². The lowest BCUT2D eigenvalue weighted by Crippen LogP contribution is -2.37. The van der Waals surface area contributed by atoms with E-state index in [2.05, 4.69) is 16.4 Å². The van der Waals surface area contributed by atoms with E-state index in [1.54, 1.807) is 12.1 Å². The average molecular weight is 474 g/mol. The van der Waals surface area contributed by atoms with Crippen molar-refractivity contribution in [3.63, 3.8) is 0 Å². The van der Waals surface area contributed by atoms with Gasteiger partial charge in [-0.2, -0.15) is 4.31 Å². The first kappa shape index (κ1) is 24.4. The van der Waals surface area contributed by atoms with Crippen molar-refractivity contribution in [1.29, 1.82) is 0 Å². The van der Waals surface area contributed by atoms with Crippen LogP contribution in [0.2, 0.25) is 0 Å². The number of anilines is 1. The molecule has 0 atom stereocenters. The van der Waals surface area contributed by atoms with Crippen LogP contribution in [0.1, 0.15) is 49.2 Å². The van der Waals surface area contributed by atoms with Crippen molar-refractivity contribution in [2.24, 2.45) is 11.8 Å². The van der Waals surface area contributed by atoms with Gasteiger partial charge in [0.1, 0.15) is 0 Å². The summed E-state index contributed by atoms with van der Waals surface area (Å²) in [4.78, 5) is 17.4. The summed E-state index contributed by atoms with van der Waals surface area (Å²) in [5.74, 6) is 0.118. The third-order valence-electron chi connectivity index (χ3n) is 5.12. The lowest BCUT2D eigenvalue weighted by atomic mass is 10.1. The van der Waals surface area contributed by atoms with E-state index in [1.165, 1.54) is 33.3 Å². The van der Waals surface area contributed by atoms with Gasteiger partial charge in [-0.25, -0.2) is 13.4 Å². The quantitative estimate of drug-likeness (QED) is 0.471. The van der Waals surface area contributed by atoms with Gasteiger partial charge in [0.2, 0.25) is 10.0 Å². The molecule has 6 nitrogen and oxygen atoms in total. The monoisotopic (exact) mass is 473 g/mol. The van der Waals surface area contributed by atoms with Crippen molar-refractivity contribution in [3.8, 4) is 0 Å². The number of thiazole rings is 1. The van der Waals surface area contributed by atoms with Gasteiger partial charge >= 0.3 is 0 Å². The molecule has 1 heterocycles. The Hall–Kier alpha value is -2.29. The molecule has 2 aromatic carbocycles. The van der Waals surface area contributed by atoms with Crippen LogP contribution < -0.4 is 5.32 Å². The number of nitrogens with one attached hydrogen (secondary N) is 1. The van der Waals surface area contributed by atoms with E-state index in [0.29, 0.717) is 23.8 Å². The van der Waals surface area contributed by atoms with E-state index in [1.807, 2.05) is 47.6 Å². The second-order valence-electron chi connectivity index (χ2n) is 9.01. The number of aromatic nitrogens is 1. The number of benzene rings is 2. The molecular formula is C24H31N3O3S2. The number of fused-ring (bicyclic) bond motifs is 1. The third kappa shape index (κ3) is 5.54. The van der Waals surface area contributed by atoms with Gasteiger partial charge in [-0.15, -0.1) is 0 Å². The number of carbonyl (C=O) groups is 1. The summed E-state index contributed by atoms with van der Waals surface area (Å²) in [6.45, 7) is 13.0. The predicted molar refractivity (Wildman–Crippen MR) is 132 cm³/mol. The highest BCUT2D eigenvalue weighted by Gasteiger charge is 2.26. The Balaban J connectivity index is 1.79. The highest BCUT2D eigenvalue weighted by Crippen LogP contribution is 2.29. The van der Waals surface area contributed by atoms with Crippen molar-refractivity contribution in [2.75, 3.05) is 18.4 Å². The Morgan fingerprint density at radius 3 is 2.12 bits per heavy atom. The second-order valence-corrected chi connectivity index (χ2v) is 12.0. The summed E-state index contributed by atoms with van der Waals surface area (Å²) >= 11 is 1.42. The van der Waals surface area contributed by atoms with Gasteiger partial charge in [0.25, 0.3) is 5.91 Å². The average Bonchev–Trinajstić information content (AvgIpc) is 3.08. The first-order valence-corrected chi connectivity index (χ1v) is 13.0. The van der Waals surface area contributed by atoms with E-state index in [4.69, 9.17) is 0 Å². The molecule has 0 aliphatic rings. The molecule has 0 bridgehead atoms. The lowest BCUT2D eigenvalue weighted by Gasteiger charge is -2.25. The van der Waals surface area contributed by atoms with Crippen molar-refractivity contribution in [2.45, 2.75) is 46.4 Å². The van der Waals surface area contributed by atoms with Crippen LogP contribution in [0.15, 0.2) is 41.3 Å². The fourth-order valence-corrected chi connectivity index (χ4v) is 6.12. The molecule has 0 aliphatic carbocycles. The molecule has 172 valence electrons. The van der Waals surface area contributed by atoms with Crippen LogP contribution in [-0.2, 0) is 10.0 Å². The number of amides is 1. The number of hydrogen-bond acceptors (Lipinski definition) is 5. The minimum atomic E-state index is -3.63. The highest BCUT2D eigenvalue weighted by atomic mass is 32.2. The van der Waals surface area contributed by atoms with Crippen LogP contribution in [0.5, 0.6) is 0 Å². The molecule has 0 radical (unpaired) electrons. The smallest absolute Gasteiger partial charge is 0.257 e. The minimum absolute atomic E-state index is 0.196. The molecule has 0 spiro atoms. The first-order chi connectivity index (χ1) is 15.0. The van der Waals surface area contributed by atoms with Crippen molar-refractivity contribution >= 4 is 42.6 Å². The molecule has 0 saturated heterocycles. The number of rotatable bonds is 8. The van der Waals surface area contributed by atoms with Crippen LogP contribution in [0, 0.1) is 25.7 Å². The molecule has 3 rings (SSSR count). The molecule has 0 unspecified atom stereocenters. The fourth-order valence-electron chi connectivity index (χ4n) is 3.42. The predicted octanol–water partition coefficient (Wildman–Crippen LogP) is 5.47. The summed E-state index contributed by atoms with van der Waals surface area (Å²) in [7, 11) is -3.63. The fraction of sp³-hybridized carbons (Fsp3) is 0.417. The number of sulfonamides is 1. The summed E-state index contributed by atoms with van der Waals surface area (Å²) in [5, 5.41) is 3.35. The van der Waals surface area contributed by atoms with E-state index >= 15 is 0 Å². The molecule has 1 aromatic heterocycles. The number of hydrogen-bond donors (Lipinski definition) is 1. The van der Waals surface area contributed by atoms with Crippen molar-refractivity contribution < 1.29 is 13.2 Å². The number of carbonyl (C=O) groups excluding carboxylic acids is 1. The second kappa shape index (κ2) is 9.68. The van der Waals surface area contributed by atoms with Gasteiger partial charge in [-0.1, -0.05) is 39.0 Å². The third-order valence-corrected chi connectivity index (χ3v) is 7.90. The van der Waals surface area contributed by atoms with Crippen LogP contribution in [0.4, 0.5) is 5.13 Å². The van der Waals surface area contributed by atoms with Crippen LogP contribution in [0.25, 0.3) is 10.2 Å². The Kier molecular flexibility index (Phi) is 7.37. The Morgan fingerprint density at radius 1 is 1.00 bits per heavy atom. The Labute approximate surface area is 194 Å². The minimum Gasteiger partial charge on any atom is -0.298 e. The molecule has 1 amide bonds. The van der Waals surface area contributed by atoms with Crippen LogP contribution in [0.3, 0.4) is 0 Å². The normalized spacial score (nSPS) is 12.3. The van der Waals surface area contributed by atoms with E-state index in [9.17, 15) is 13.2 Å². The molecule has 0 saturated carbocycles. The van der Waals surface area contributed by atoms with Gasteiger partial charge < -0.3 is 0 Å². The molecule has 3 aromatic rings. The van der Waals surface area contributed by atoms with Gasteiger partial charge in [-0.3, -0.25) is 10.1 Å². The van der Waals surface area contributed by atoms with E-state index in [0.717, 1.165) is 15.8 Å².